The molecule has 0 radical (unpaired) electrons. The molecule has 0 amide bonds. The van der Waals surface area contributed by atoms with Crippen molar-refractivity contribution in [1.82, 2.24) is 9.55 Å². The number of thiophene rings is 2. The Balaban J connectivity index is 1.70. The molecule has 0 bridgehead atoms. The number of nitrogens with zero attached hydrogens (tertiary/aromatic N) is 2. The maximum Gasteiger partial charge on any atom is 0.262 e. The van der Waals surface area contributed by atoms with Crippen LogP contribution < -0.4 is 5.56 Å². The van der Waals surface area contributed by atoms with Gasteiger partial charge >= 0.3 is 0 Å². The van der Waals surface area contributed by atoms with E-state index in [9.17, 15) is 9.59 Å². The Kier molecular flexibility index (Phi) is 3.66. The second kappa shape index (κ2) is 5.69. The first kappa shape index (κ1) is 14.8. The van der Waals surface area contributed by atoms with Crippen LogP contribution in [-0.2, 0) is 25.8 Å². The highest BCUT2D eigenvalue weighted by Crippen LogP contribution is 2.34. The molecule has 0 N–H and O–H groups in total. The van der Waals surface area contributed by atoms with E-state index in [1.165, 1.54) is 32.0 Å². The lowest BCUT2D eigenvalue weighted by Crippen LogP contribution is -2.24. The lowest BCUT2D eigenvalue weighted by molar-refractivity contribution is 0.0974. The summed E-state index contributed by atoms with van der Waals surface area (Å²) in [5.74, 6) is -0.0233. The van der Waals surface area contributed by atoms with E-state index in [4.69, 9.17) is 0 Å². The van der Waals surface area contributed by atoms with E-state index in [0.29, 0.717) is 4.88 Å². The molecular formula is C17H16N2O2S2. The van der Waals surface area contributed by atoms with Crippen LogP contribution in [0.5, 0.6) is 0 Å². The third-order valence-corrected chi connectivity index (χ3v) is 6.76. The number of aromatic nitrogens is 2. The molecule has 0 saturated carbocycles. The van der Waals surface area contributed by atoms with Crippen LogP contribution in [0.25, 0.3) is 10.2 Å². The third-order valence-electron chi connectivity index (χ3n) is 4.29. The summed E-state index contributed by atoms with van der Waals surface area (Å²) in [5, 5.41) is 0.734. The summed E-state index contributed by atoms with van der Waals surface area (Å²) in [5.41, 5.74) is 1.09. The van der Waals surface area contributed by atoms with Crippen LogP contribution in [0.15, 0.2) is 23.3 Å². The predicted octanol–water partition coefficient (Wildman–Crippen LogP) is 3.45. The Bertz CT molecular complexity index is 965. The van der Waals surface area contributed by atoms with Crippen molar-refractivity contribution in [3.63, 3.8) is 0 Å². The molecule has 23 heavy (non-hydrogen) atoms. The van der Waals surface area contributed by atoms with Crippen LogP contribution in [0.2, 0.25) is 0 Å². The second-order valence-electron chi connectivity index (χ2n) is 5.76. The van der Waals surface area contributed by atoms with Crippen molar-refractivity contribution in [2.45, 2.75) is 39.2 Å². The minimum Gasteiger partial charge on any atom is -0.291 e. The SMILES string of the molecule is CCc1ccc(C(=O)Cn2cnc3sc4c(c3c2=O)CCC4)s1. The Morgan fingerprint density at radius 1 is 1.30 bits per heavy atom. The summed E-state index contributed by atoms with van der Waals surface area (Å²) in [6, 6.07) is 3.83. The van der Waals surface area contributed by atoms with Crippen LogP contribution in [0.3, 0.4) is 0 Å². The Morgan fingerprint density at radius 3 is 2.96 bits per heavy atom. The summed E-state index contributed by atoms with van der Waals surface area (Å²) < 4.78 is 1.46. The van der Waals surface area contributed by atoms with Gasteiger partial charge in [0.2, 0.25) is 0 Å². The van der Waals surface area contributed by atoms with Gasteiger partial charge in [-0.3, -0.25) is 14.2 Å². The minimum atomic E-state index is -0.0741. The van der Waals surface area contributed by atoms with E-state index in [2.05, 4.69) is 11.9 Å². The van der Waals surface area contributed by atoms with Crippen molar-refractivity contribution >= 4 is 38.7 Å². The fourth-order valence-corrected chi connectivity index (χ4v) is 5.18. The number of hydrogen-bond donors (Lipinski definition) is 0. The van der Waals surface area contributed by atoms with Crippen molar-refractivity contribution in [3.05, 3.63) is 49.0 Å². The monoisotopic (exact) mass is 344 g/mol. The Hall–Kier alpha value is -1.79. The first-order valence-corrected chi connectivity index (χ1v) is 9.42. The average Bonchev–Trinajstić information content (AvgIpc) is 3.23. The highest BCUT2D eigenvalue weighted by molar-refractivity contribution is 7.18. The molecule has 0 atom stereocenters. The molecule has 0 saturated heterocycles. The topological polar surface area (TPSA) is 52.0 Å². The van der Waals surface area contributed by atoms with Gasteiger partial charge in [-0.2, -0.15) is 0 Å². The van der Waals surface area contributed by atoms with Crippen molar-refractivity contribution in [2.75, 3.05) is 0 Å². The minimum absolute atomic E-state index is 0.0233. The molecule has 0 aromatic carbocycles. The van der Waals surface area contributed by atoms with Gasteiger partial charge in [0.05, 0.1) is 23.1 Å². The number of hydrogen-bond acceptors (Lipinski definition) is 5. The quantitative estimate of drug-likeness (QED) is 0.681. The van der Waals surface area contributed by atoms with Crippen molar-refractivity contribution in [2.24, 2.45) is 0 Å². The summed E-state index contributed by atoms with van der Waals surface area (Å²) in [6.07, 6.45) is 5.55. The second-order valence-corrected chi connectivity index (χ2v) is 8.01. The van der Waals surface area contributed by atoms with Gasteiger partial charge in [0, 0.05) is 9.75 Å². The average molecular weight is 344 g/mol. The molecule has 4 rings (SSSR count). The number of fused-ring (bicyclic) bond motifs is 3. The van der Waals surface area contributed by atoms with Crippen molar-refractivity contribution < 1.29 is 4.79 Å². The Labute approximate surface area is 141 Å². The number of rotatable bonds is 4. The molecule has 1 aliphatic rings. The molecule has 118 valence electrons. The lowest BCUT2D eigenvalue weighted by atomic mass is 10.2. The fraction of sp³-hybridized carbons (Fsp3) is 0.353. The number of carbonyl (C=O) groups excluding carboxylic acids is 1. The molecule has 3 heterocycles. The van der Waals surface area contributed by atoms with E-state index in [-0.39, 0.29) is 17.9 Å². The fourth-order valence-electron chi connectivity index (χ4n) is 3.08. The predicted molar refractivity (Wildman–Crippen MR) is 93.9 cm³/mol. The summed E-state index contributed by atoms with van der Waals surface area (Å²) >= 11 is 3.13. The normalized spacial score (nSPS) is 13.6. The maximum absolute atomic E-state index is 12.8. The first-order chi connectivity index (χ1) is 11.2. The first-order valence-electron chi connectivity index (χ1n) is 7.79. The zero-order valence-corrected chi connectivity index (χ0v) is 14.4. The van der Waals surface area contributed by atoms with E-state index in [1.54, 1.807) is 11.3 Å². The van der Waals surface area contributed by atoms with Gasteiger partial charge in [-0.05, 0) is 43.4 Å². The van der Waals surface area contributed by atoms with Gasteiger partial charge in [-0.25, -0.2) is 4.98 Å². The summed E-state index contributed by atoms with van der Waals surface area (Å²) in [4.78, 5) is 33.6. The number of ketones is 1. The highest BCUT2D eigenvalue weighted by Gasteiger charge is 2.22. The third kappa shape index (κ3) is 2.46. The van der Waals surface area contributed by atoms with Crippen LogP contribution in [0, 0.1) is 0 Å². The van der Waals surface area contributed by atoms with E-state index >= 15 is 0 Å². The molecule has 4 nitrogen and oxygen atoms in total. The van der Waals surface area contributed by atoms with E-state index in [0.717, 1.165) is 41.5 Å². The molecular weight excluding hydrogens is 328 g/mol. The molecule has 3 aromatic heterocycles. The lowest BCUT2D eigenvalue weighted by Gasteiger charge is -2.04. The van der Waals surface area contributed by atoms with Crippen LogP contribution in [0.1, 0.15) is 38.3 Å². The molecule has 1 aliphatic carbocycles. The van der Waals surface area contributed by atoms with Gasteiger partial charge in [0.1, 0.15) is 4.83 Å². The van der Waals surface area contributed by atoms with Crippen LogP contribution in [0.4, 0.5) is 0 Å². The molecule has 6 heteroatoms. The summed E-state index contributed by atoms with van der Waals surface area (Å²) in [6.45, 7) is 2.13. The molecule has 0 aliphatic heterocycles. The van der Waals surface area contributed by atoms with Gasteiger partial charge in [0.15, 0.2) is 5.78 Å². The molecule has 0 unspecified atom stereocenters. The maximum atomic E-state index is 12.8. The van der Waals surface area contributed by atoms with E-state index < -0.39 is 0 Å². The molecule has 0 fully saturated rings. The Morgan fingerprint density at radius 2 is 2.17 bits per heavy atom. The zero-order chi connectivity index (χ0) is 16.0. The van der Waals surface area contributed by atoms with E-state index in [1.807, 2.05) is 12.1 Å². The van der Waals surface area contributed by atoms with Gasteiger partial charge < -0.3 is 0 Å². The van der Waals surface area contributed by atoms with Crippen molar-refractivity contribution in [1.29, 1.82) is 0 Å². The van der Waals surface area contributed by atoms with Gasteiger partial charge in [-0.15, -0.1) is 22.7 Å². The number of carbonyl (C=O) groups is 1. The molecule has 0 spiro atoms. The number of aryl methyl sites for hydroxylation is 3. The number of Topliss-reactive ketones (excluding diaryl/α,β-unsaturated/α-hetero) is 1. The highest BCUT2D eigenvalue weighted by atomic mass is 32.1. The standard InChI is InChI=1S/C17H16N2O2S2/c1-2-10-6-7-14(22-10)12(20)8-19-9-18-16-15(17(19)21)11-4-3-5-13(11)23-16/h6-7,9H,2-5,8H2,1H3. The zero-order valence-electron chi connectivity index (χ0n) is 12.8. The summed E-state index contributed by atoms with van der Waals surface area (Å²) in [7, 11) is 0. The van der Waals surface area contributed by atoms with Crippen molar-refractivity contribution in [3.8, 4) is 0 Å². The van der Waals surface area contributed by atoms with Gasteiger partial charge in [0.25, 0.3) is 5.56 Å². The van der Waals surface area contributed by atoms with Crippen LogP contribution >= 0.6 is 22.7 Å². The molecule has 3 aromatic rings. The smallest absolute Gasteiger partial charge is 0.262 e. The van der Waals surface area contributed by atoms with Crippen LogP contribution in [-0.4, -0.2) is 15.3 Å². The van der Waals surface area contributed by atoms with Gasteiger partial charge in [-0.1, -0.05) is 6.92 Å². The largest absolute Gasteiger partial charge is 0.291 e.